The van der Waals surface area contributed by atoms with Gasteiger partial charge in [0.1, 0.15) is 0 Å². The van der Waals surface area contributed by atoms with Gasteiger partial charge in [-0.2, -0.15) is 0 Å². The minimum absolute atomic E-state index is 0.0924. The number of carbonyl (C=O) groups is 1. The van der Waals surface area contributed by atoms with Gasteiger partial charge in [0.2, 0.25) is 10.0 Å². The van der Waals surface area contributed by atoms with Crippen LogP contribution < -0.4 is 9.47 Å². The number of methoxy groups -OCH3 is 2. The third-order valence-corrected chi connectivity index (χ3v) is 8.54. The van der Waals surface area contributed by atoms with Crippen molar-refractivity contribution in [1.82, 2.24) is 9.21 Å². The van der Waals surface area contributed by atoms with Crippen LogP contribution in [-0.2, 0) is 16.4 Å². The lowest BCUT2D eigenvalue weighted by Gasteiger charge is -2.37. The second-order valence-electron chi connectivity index (χ2n) is 7.89. The zero-order valence-electron chi connectivity index (χ0n) is 18.9. The highest BCUT2D eigenvalue weighted by Gasteiger charge is 2.34. The quantitative estimate of drug-likeness (QED) is 0.530. The molecule has 2 heterocycles. The monoisotopic (exact) mass is 486 g/mol. The Labute approximate surface area is 198 Å². The minimum Gasteiger partial charge on any atom is -0.493 e. The third kappa shape index (κ3) is 4.23. The first-order valence-corrected chi connectivity index (χ1v) is 12.7. The second kappa shape index (κ2) is 9.17. The van der Waals surface area contributed by atoms with Crippen LogP contribution in [0, 0.1) is 0 Å². The fraction of sp³-hybridized carbons (Fsp3) is 0.292. The van der Waals surface area contributed by atoms with E-state index < -0.39 is 10.0 Å². The first-order chi connectivity index (χ1) is 15.8. The highest BCUT2D eigenvalue weighted by atomic mass is 32.2. The van der Waals surface area contributed by atoms with Crippen molar-refractivity contribution in [2.24, 2.45) is 0 Å². The molecule has 7 nitrogen and oxygen atoms in total. The van der Waals surface area contributed by atoms with Gasteiger partial charge in [0.05, 0.1) is 25.2 Å². The number of carbonyl (C=O) groups excluding carboxylic acids is 1. The van der Waals surface area contributed by atoms with Gasteiger partial charge < -0.3 is 14.4 Å². The van der Waals surface area contributed by atoms with Crippen LogP contribution in [0.15, 0.2) is 58.8 Å². The largest absolute Gasteiger partial charge is 0.493 e. The van der Waals surface area contributed by atoms with E-state index in [1.807, 2.05) is 34.5 Å². The molecule has 4 rings (SSSR count). The van der Waals surface area contributed by atoms with Crippen LogP contribution >= 0.6 is 11.3 Å². The maximum atomic E-state index is 13.7. The van der Waals surface area contributed by atoms with Crippen LogP contribution in [0.4, 0.5) is 0 Å². The number of nitrogens with zero attached hydrogens (tertiary/aromatic N) is 2. The van der Waals surface area contributed by atoms with Crippen molar-refractivity contribution >= 4 is 27.3 Å². The predicted molar refractivity (Wildman–Crippen MR) is 128 cm³/mol. The molecule has 1 amide bonds. The molecule has 1 atom stereocenters. The summed E-state index contributed by atoms with van der Waals surface area (Å²) in [4.78, 5) is 16.6. The van der Waals surface area contributed by atoms with Crippen molar-refractivity contribution in [2.45, 2.75) is 17.4 Å². The van der Waals surface area contributed by atoms with E-state index in [1.54, 1.807) is 37.7 Å². The zero-order valence-corrected chi connectivity index (χ0v) is 20.6. The molecule has 0 spiro atoms. The van der Waals surface area contributed by atoms with E-state index in [4.69, 9.17) is 9.47 Å². The van der Waals surface area contributed by atoms with Crippen LogP contribution in [0.25, 0.3) is 0 Å². The number of hydrogen-bond acceptors (Lipinski definition) is 6. The molecule has 0 saturated heterocycles. The van der Waals surface area contributed by atoms with Crippen molar-refractivity contribution in [1.29, 1.82) is 0 Å². The number of fused-ring (bicyclic) bond motifs is 1. The van der Waals surface area contributed by atoms with E-state index >= 15 is 0 Å². The van der Waals surface area contributed by atoms with E-state index in [2.05, 4.69) is 0 Å². The molecule has 0 N–H and O–H groups in total. The number of rotatable bonds is 6. The molecule has 1 aliphatic rings. The number of ether oxygens (including phenoxy) is 2. The van der Waals surface area contributed by atoms with Gasteiger partial charge in [-0.15, -0.1) is 11.3 Å². The van der Waals surface area contributed by atoms with Gasteiger partial charge in [0.25, 0.3) is 5.91 Å². The number of thiophene rings is 1. The van der Waals surface area contributed by atoms with Crippen LogP contribution in [0.2, 0.25) is 0 Å². The highest BCUT2D eigenvalue weighted by molar-refractivity contribution is 7.89. The fourth-order valence-corrected chi connectivity index (χ4v) is 5.89. The van der Waals surface area contributed by atoms with Crippen molar-refractivity contribution in [3.05, 3.63) is 75.5 Å². The van der Waals surface area contributed by atoms with Crippen LogP contribution in [-0.4, -0.2) is 58.4 Å². The topological polar surface area (TPSA) is 76.1 Å². The second-order valence-corrected chi connectivity index (χ2v) is 11.0. The summed E-state index contributed by atoms with van der Waals surface area (Å²) < 4.78 is 37.4. The average Bonchev–Trinajstić information content (AvgIpc) is 3.36. The standard InChI is InChI=1S/C24H26N2O5S2/c1-25(2)33(28,29)18-8-5-7-17(13-18)24(27)26-11-10-16-14-20(30-3)21(31-4)15-19(16)23(26)22-9-6-12-32-22/h5-9,12-15,23H,10-11H2,1-4H3/t23-/m1/s1. The third-order valence-electron chi connectivity index (χ3n) is 5.81. The molecule has 3 aromatic rings. The fourth-order valence-electron chi connectivity index (χ4n) is 4.08. The molecule has 0 radical (unpaired) electrons. The molecule has 1 aliphatic heterocycles. The molecule has 33 heavy (non-hydrogen) atoms. The van der Waals surface area contributed by atoms with Crippen molar-refractivity contribution in [3.63, 3.8) is 0 Å². The SMILES string of the molecule is COc1cc2c(cc1OC)[C@H](c1cccs1)N(C(=O)c1cccc(S(=O)(=O)N(C)C)c1)CC2. The summed E-state index contributed by atoms with van der Waals surface area (Å²) in [5.41, 5.74) is 2.41. The lowest BCUT2D eigenvalue weighted by Crippen LogP contribution is -2.40. The summed E-state index contributed by atoms with van der Waals surface area (Å²) in [5, 5.41) is 1.98. The van der Waals surface area contributed by atoms with Gasteiger partial charge in [-0.1, -0.05) is 12.1 Å². The number of amides is 1. The van der Waals surface area contributed by atoms with Crippen molar-refractivity contribution in [2.75, 3.05) is 34.9 Å². The Hall–Kier alpha value is -2.88. The molecule has 0 saturated carbocycles. The smallest absolute Gasteiger partial charge is 0.254 e. The molecular formula is C24H26N2O5S2. The summed E-state index contributed by atoms with van der Waals surface area (Å²) in [6.07, 6.45) is 0.652. The van der Waals surface area contributed by atoms with E-state index in [1.165, 1.54) is 26.2 Å². The van der Waals surface area contributed by atoms with Crippen LogP contribution in [0.5, 0.6) is 11.5 Å². The lowest BCUT2D eigenvalue weighted by molar-refractivity contribution is 0.0696. The molecule has 0 aliphatic carbocycles. The molecule has 2 aromatic carbocycles. The number of sulfonamides is 1. The first-order valence-electron chi connectivity index (χ1n) is 10.4. The Morgan fingerprint density at radius 3 is 2.42 bits per heavy atom. The highest BCUT2D eigenvalue weighted by Crippen LogP contribution is 2.42. The predicted octanol–water partition coefficient (Wildman–Crippen LogP) is 3.80. The zero-order chi connectivity index (χ0) is 23.8. The van der Waals surface area contributed by atoms with E-state index in [-0.39, 0.29) is 16.8 Å². The van der Waals surface area contributed by atoms with Gasteiger partial charge in [-0.3, -0.25) is 4.79 Å². The maximum Gasteiger partial charge on any atom is 0.254 e. The van der Waals surface area contributed by atoms with Gasteiger partial charge in [-0.05, 0) is 59.3 Å². The first kappa shape index (κ1) is 23.3. The van der Waals surface area contributed by atoms with Crippen molar-refractivity contribution < 1.29 is 22.7 Å². The maximum absolute atomic E-state index is 13.7. The molecule has 0 bridgehead atoms. The average molecular weight is 487 g/mol. The van der Waals surface area contributed by atoms with Gasteiger partial charge in [0, 0.05) is 31.1 Å². The van der Waals surface area contributed by atoms with Crippen LogP contribution in [0.3, 0.4) is 0 Å². The summed E-state index contributed by atoms with van der Waals surface area (Å²) >= 11 is 1.58. The van der Waals surface area contributed by atoms with Gasteiger partial charge >= 0.3 is 0 Å². The summed E-state index contributed by atoms with van der Waals surface area (Å²) in [6, 6.07) is 13.8. The van der Waals surface area contributed by atoms with Crippen molar-refractivity contribution in [3.8, 4) is 11.5 Å². The Bertz CT molecular complexity index is 1270. The normalized spacial score (nSPS) is 15.9. The Kier molecular flexibility index (Phi) is 6.47. The molecule has 0 fully saturated rings. The lowest BCUT2D eigenvalue weighted by atomic mass is 9.90. The van der Waals surface area contributed by atoms with E-state index in [0.29, 0.717) is 30.0 Å². The molecule has 174 valence electrons. The summed E-state index contributed by atoms with van der Waals surface area (Å²) in [5.74, 6) is 1.04. The van der Waals surface area contributed by atoms with E-state index in [9.17, 15) is 13.2 Å². The number of hydrogen-bond donors (Lipinski definition) is 0. The Morgan fingerprint density at radius 2 is 1.79 bits per heavy atom. The molecule has 0 unspecified atom stereocenters. The molecule has 1 aromatic heterocycles. The number of benzene rings is 2. The van der Waals surface area contributed by atoms with Gasteiger partial charge in [0.15, 0.2) is 11.5 Å². The Morgan fingerprint density at radius 1 is 1.06 bits per heavy atom. The van der Waals surface area contributed by atoms with Gasteiger partial charge in [-0.25, -0.2) is 12.7 Å². The minimum atomic E-state index is -3.65. The Balaban J connectivity index is 1.79. The molecule has 9 heteroatoms. The van der Waals surface area contributed by atoms with Crippen LogP contribution in [0.1, 0.15) is 32.4 Å². The van der Waals surface area contributed by atoms with E-state index in [0.717, 1.165) is 20.3 Å². The summed E-state index contributed by atoms with van der Waals surface area (Å²) in [7, 11) is 2.49. The molecular weight excluding hydrogens is 460 g/mol. The summed E-state index contributed by atoms with van der Waals surface area (Å²) in [6.45, 7) is 0.495.